The molecule has 0 aliphatic heterocycles. The van der Waals surface area contributed by atoms with Crippen LogP contribution in [0.2, 0.25) is 0 Å². The fourth-order valence-electron chi connectivity index (χ4n) is 1.74. The normalized spacial score (nSPS) is 11.0. The number of H-pyrrole nitrogens is 1. The molecule has 0 unspecified atom stereocenters. The molecule has 0 aliphatic carbocycles. The number of halogens is 1. The van der Waals surface area contributed by atoms with Crippen LogP contribution in [0.1, 0.15) is 15.9 Å². The number of aromatic hydroxyl groups is 1. The predicted octanol–water partition coefficient (Wildman–Crippen LogP) is 2.73. The van der Waals surface area contributed by atoms with Gasteiger partial charge in [0.15, 0.2) is 10.8 Å². The van der Waals surface area contributed by atoms with E-state index in [1.165, 1.54) is 24.3 Å². The Bertz CT molecular complexity index is 829. The highest BCUT2D eigenvalue weighted by molar-refractivity contribution is 7.27. The molecule has 0 bridgehead atoms. The minimum Gasteiger partial charge on any atom is -0.499 e. The van der Waals surface area contributed by atoms with Crippen molar-refractivity contribution in [1.29, 1.82) is 0 Å². The highest BCUT2D eigenvalue weighted by Gasteiger charge is 2.22. The number of hydrogen-bond acceptors (Lipinski definition) is 5. The molecule has 0 atom stereocenters. The number of aromatic nitrogens is 1. The number of ketones is 1. The predicted molar refractivity (Wildman–Crippen MR) is 71.8 cm³/mol. The van der Waals surface area contributed by atoms with Crippen LogP contribution >= 0.6 is 22.7 Å². The molecule has 0 radical (unpaired) electrons. The number of thiazole rings is 1. The third-order valence-corrected chi connectivity index (χ3v) is 4.53. The Morgan fingerprint density at radius 1 is 1.21 bits per heavy atom. The SMILES string of the molecule is O=C(c1ccc(F)cc1)c1c(O)sc2[nH]c(=O)sc12. The Kier molecular flexibility index (Phi) is 2.72. The highest BCUT2D eigenvalue weighted by Crippen LogP contribution is 2.38. The number of nitrogens with one attached hydrogen (secondary N) is 1. The number of fused-ring (bicyclic) bond motifs is 1. The van der Waals surface area contributed by atoms with Crippen molar-refractivity contribution in [3.05, 3.63) is 50.9 Å². The third-order valence-electron chi connectivity index (χ3n) is 2.59. The van der Waals surface area contributed by atoms with Crippen LogP contribution in [0.4, 0.5) is 4.39 Å². The summed E-state index contributed by atoms with van der Waals surface area (Å²) >= 11 is 1.81. The molecular formula is C12H6FNO3S2. The van der Waals surface area contributed by atoms with Gasteiger partial charge in [0.2, 0.25) is 0 Å². The summed E-state index contributed by atoms with van der Waals surface area (Å²) in [5.74, 6) is -0.874. The maximum Gasteiger partial charge on any atom is 0.306 e. The summed E-state index contributed by atoms with van der Waals surface area (Å²) in [4.78, 5) is 26.3. The molecule has 96 valence electrons. The standard InChI is InChI=1S/C12H6FNO3S2/c13-6-3-1-5(2-4-6)8(15)7-9-10(19-11(7)16)14-12(17)18-9/h1-4,16H,(H,14,17). The largest absolute Gasteiger partial charge is 0.499 e. The summed E-state index contributed by atoms with van der Waals surface area (Å²) in [6.07, 6.45) is 0. The Morgan fingerprint density at radius 2 is 1.89 bits per heavy atom. The fourth-order valence-corrected chi connectivity index (χ4v) is 3.72. The van der Waals surface area contributed by atoms with Crippen molar-refractivity contribution in [2.24, 2.45) is 0 Å². The van der Waals surface area contributed by atoms with Gasteiger partial charge in [-0.15, -0.1) is 0 Å². The van der Waals surface area contributed by atoms with E-state index < -0.39 is 11.6 Å². The number of thiophene rings is 1. The fraction of sp³-hybridized carbons (Fsp3) is 0. The van der Waals surface area contributed by atoms with Gasteiger partial charge in [-0.1, -0.05) is 22.7 Å². The lowest BCUT2D eigenvalue weighted by Crippen LogP contribution is -2.00. The van der Waals surface area contributed by atoms with Gasteiger partial charge in [-0.25, -0.2) is 4.39 Å². The average molecular weight is 295 g/mol. The number of benzene rings is 1. The van der Waals surface area contributed by atoms with E-state index in [2.05, 4.69) is 4.98 Å². The number of aromatic amines is 1. The van der Waals surface area contributed by atoms with Crippen LogP contribution in [0.5, 0.6) is 5.06 Å². The molecule has 4 nitrogen and oxygen atoms in total. The quantitative estimate of drug-likeness (QED) is 0.714. The molecule has 19 heavy (non-hydrogen) atoms. The molecule has 3 rings (SSSR count). The molecule has 2 aromatic heterocycles. The average Bonchev–Trinajstić information content (AvgIpc) is 2.84. The Labute approximate surface area is 113 Å². The minimum absolute atomic E-state index is 0.0926. The lowest BCUT2D eigenvalue weighted by Gasteiger charge is -1.99. The number of rotatable bonds is 2. The third kappa shape index (κ3) is 1.96. The van der Waals surface area contributed by atoms with Crippen molar-refractivity contribution >= 4 is 38.0 Å². The lowest BCUT2D eigenvalue weighted by atomic mass is 10.1. The van der Waals surface area contributed by atoms with Crippen molar-refractivity contribution in [2.75, 3.05) is 0 Å². The van der Waals surface area contributed by atoms with Crippen molar-refractivity contribution < 1.29 is 14.3 Å². The molecule has 1 aromatic carbocycles. The second-order valence-corrected chi connectivity index (χ2v) is 5.77. The molecule has 2 heterocycles. The van der Waals surface area contributed by atoms with Gasteiger partial charge in [-0.3, -0.25) is 9.59 Å². The van der Waals surface area contributed by atoms with Gasteiger partial charge >= 0.3 is 4.87 Å². The summed E-state index contributed by atoms with van der Waals surface area (Å²) in [6.45, 7) is 0. The summed E-state index contributed by atoms with van der Waals surface area (Å²) in [7, 11) is 0. The topological polar surface area (TPSA) is 70.2 Å². The zero-order chi connectivity index (χ0) is 13.6. The monoisotopic (exact) mass is 295 g/mol. The van der Waals surface area contributed by atoms with Crippen molar-refractivity contribution in [1.82, 2.24) is 4.98 Å². The van der Waals surface area contributed by atoms with Gasteiger partial charge in [-0.05, 0) is 24.3 Å². The molecule has 0 aliphatic rings. The van der Waals surface area contributed by atoms with Crippen LogP contribution in [0.3, 0.4) is 0 Å². The zero-order valence-electron chi connectivity index (χ0n) is 9.27. The molecule has 0 spiro atoms. The van der Waals surface area contributed by atoms with Crippen LogP contribution in [0.25, 0.3) is 9.53 Å². The van der Waals surface area contributed by atoms with Gasteiger partial charge in [0.25, 0.3) is 0 Å². The molecule has 2 N–H and O–H groups in total. The van der Waals surface area contributed by atoms with E-state index in [-0.39, 0.29) is 21.1 Å². The van der Waals surface area contributed by atoms with Gasteiger partial charge in [0, 0.05) is 5.56 Å². The van der Waals surface area contributed by atoms with Crippen molar-refractivity contribution in [3.63, 3.8) is 0 Å². The first-order valence-electron chi connectivity index (χ1n) is 5.21. The second-order valence-electron chi connectivity index (χ2n) is 3.79. The summed E-state index contributed by atoms with van der Waals surface area (Å²) < 4.78 is 13.3. The maximum absolute atomic E-state index is 12.8. The summed E-state index contributed by atoms with van der Waals surface area (Å²) in [5.41, 5.74) is 0.354. The van der Waals surface area contributed by atoms with E-state index in [1.807, 2.05) is 0 Å². The van der Waals surface area contributed by atoms with Crippen LogP contribution < -0.4 is 4.87 Å². The van der Waals surface area contributed by atoms with Crippen LogP contribution in [0.15, 0.2) is 29.1 Å². The van der Waals surface area contributed by atoms with Crippen molar-refractivity contribution in [2.45, 2.75) is 0 Å². The Morgan fingerprint density at radius 3 is 2.58 bits per heavy atom. The lowest BCUT2D eigenvalue weighted by molar-refractivity contribution is 0.103. The maximum atomic E-state index is 12.8. The van der Waals surface area contributed by atoms with E-state index in [1.54, 1.807) is 0 Å². The molecule has 0 fully saturated rings. The Hall–Kier alpha value is -1.99. The van der Waals surface area contributed by atoms with E-state index >= 15 is 0 Å². The van der Waals surface area contributed by atoms with E-state index in [9.17, 15) is 19.1 Å². The van der Waals surface area contributed by atoms with Crippen LogP contribution in [-0.2, 0) is 0 Å². The first-order valence-corrected chi connectivity index (χ1v) is 6.84. The van der Waals surface area contributed by atoms with Gasteiger partial charge in [-0.2, -0.15) is 0 Å². The molecule has 3 aromatic rings. The molecule has 0 amide bonds. The minimum atomic E-state index is -0.442. The van der Waals surface area contributed by atoms with E-state index in [0.717, 1.165) is 22.7 Å². The van der Waals surface area contributed by atoms with Crippen molar-refractivity contribution in [3.8, 4) is 5.06 Å². The first-order chi connectivity index (χ1) is 9.06. The van der Waals surface area contributed by atoms with Crippen LogP contribution in [-0.4, -0.2) is 15.9 Å². The van der Waals surface area contributed by atoms with Gasteiger partial charge in [0.05, 0.1) is 10.3 Å². The number of hydrogen-bond donors (Lipinski definition) is 2. The second kappa shape index (κ2) is 4.29. The zero-order valence-corrected chi connectivity index (χ0v) is 10.9. The summed E-state index contributed by atoms with van der Waals surface area (Å²) in [5, 5.41) is 9.66. The number of carbonyl (C=O) groups excluding carboxylic acids is 1. The smallest absolute Gasteiger partial charge is 0.306 e. The highest BCUT2D eigenvalue weighted by atomic mass is 32.1. The van der Waals surface area contributed by atoms with Crippen LogP contribution in [0, 0.1) is 5.82 Å². The number of carbonyl (C=O) groups is 1. The molecular weight excluding hydrogens is 289 g/mol. The molecule has 7 heteroatoms. The van der Waals surface area contributed by atoms with E-state index in [0.29, 0.717) is 9.53 Å². The van der Waals surface area contributed by atoms with Gasteiger partial charge in [0.1, 0.15) is 10.6 Å². The first kappa shape index (κ1) is 12.1. The van der Waals surface area contributed by atoms with Gasteiger partial charge < -0.3 is 10.1 Å². The molecule has 0 saturated heterocycles. The Balaban J connectivity index is 2.18. The molecule has 0 saturated carbocycles. The summed E-state index contributed by atoms with van der Waals surface area (Å²) in [6, 6.07) is 5.03. The van der Waals surface area contributed by atoms with E-state index in [4.69, 9.17) is 0 Å².